The Balaban J connectivity index is 1.94. The number of alkyl carbamates (subject to hydrolysis) is 1. The summed E-state index contributed by atoms with van der Waals surface area (Å²) in [4.78, 5) is 47.3. The first-order chi connectivity index (χ1) is 13.1. The molecule has 11 nitrogen and oxygen atoms in total. The molecule has 11 heteroatoms. The molecule has 2 saturated heterocycles. The Hall–Kier alpha value is -2.82. The highest BCUT2D eigenvalue weighted by Crippen LogP contribution is 2.29. The van der Waals surface area contributed by atoms with Crippen molar-refractivity contribution in [2.45, 2.75) is 44.9 Å². The Morgan fingerprint density at radius 3 is 2.75 bits per heavy atom. The molecule has 0 saturated carbocycles. The van der Waals surface area contributed by atoms with Gasteiger partial charge < -0.3 is 24.9 Å². The van der Waals surface area contributed by atoms with Crippen molar-refractivity contribution in [1.29, 1.82) is 0 Å². The summed E-state index contributed by atoms with van der Waals surface area (Å²) in [5.74, 6) is -1.13. The zero-order valence-electron chi connectivity index (χ0n) is 16.2. The molecular weight excluding hydrogens is 372 g/mol. The number of hydrogen-bond acceptors (Lipinski definition) is 7. The van der Waals surface area contributed by atoms with E-state index in [1.165, 1.54) is 11.0 Å². The molecule has 28 heavy (non-hydrogen) atoms. The minimum atomic E-state index is -1.13. The van der Waals surface area contributed by atoms with Crippen LogP contribution in [-0.2, 0) is 19.2 Å². The van der Waals surface area contributed by atoms with Crippen LogP contribution in [0.4, 0.5) is 9.59 Å². The topological polar surface area (TPSA) is 130 Å². The Morgan fingerprint density at radius 1 is 1.43 bits per heavy atom. The summed E-state index contributed by atoms with van der Waals surface area (Å²) < 4.78 is 5.10. The van der Waals surface area contributed by atoms with Crippen LogP contribution in [0.15, 0.2) is 17.8 Å². The quantitative estimate of drug-likeness (QED) is 0.354. The fourth-order valence-electron chi connectivity index (χ4n) is 2.78. The summed E-state index contributed by atoms with van der Waals surface area (Å²) >= 11 is 0. The number of oxime groups is 1. The molecule has 0 aromatic rings. The van der Waals surface area contributed by atoms with Gasteiger partial charge in [0.2, 0.25) is 0 Å². The number of hydrogen-bond donors (Lipinski definition) is 2. The maximum atomic E-state index is 12.4. The Bertz CT molecular complexity index is 658. The fourth-order valence-corrected chi connectivity index (χ4v) is 2.78. The number of carbonyl (C=O) groups excluding carboxylic acids is 2. The van der Waals surface area contributed by atoms with Crippen molar-refractivity contribution in [3.8, 4) is 0 Å². The molecule has 0 spiro atoms. The highest BCUT2D eigenvalue weighted by atomic mass is 16.7. The highest BCUT2D eigenvalue weighted by Gasteiger charge is 2.51. The second kappa shape index (κ2) is 8.91. The van der Waals surface area contributed by atoms with Crippen molar-refractivity contribution in [2.75, 3.05) is 26.3 Å². The molecule has 0 aromatic heterocycles. The molecule has 2 atom stereocenters. The number of carbonyl (C=O) groups is 3. The van der Waals surface area contributed by atoms with Gasteiger partial charge in [0.1, 0.15) is 24.3 Å². The summed E-state index contributed by atoms with van der Waals surface area (Å²) in [7, 11) is 0. The van der Waals surface area contributed by atoms with E-state index in [-0.39, 0.29) is 32.7 Å². The number of nitrogens with zero attached hydrogens (tertiary/aromatic N) is 3. The van der Waals surface area contributed by atoms with Crippen LogP contribution >= 0.6 is 0 Å². The van der Waals surface area contributed by atoms with Crippen molar-refractivity contribution in [3.05, 3.63) is 12.7 Å². The molecular formula is C17H26N4O7. The van der Waals surface area contributed by atoms with Gasteiger partial charge in [-0.3, -0.25) is 4.84 Å². The number of aliphatic carboxylic acids is 1. The van der Waals surface area contributed by atoms with E-state index in [0.29, 0.717) is 5.71 Å². The van der Waals surface area contributed by atoms with E-state index in [9.17, 15) is 19.5 Å². The maximum Gasteiger partial charge on any atom is 0.407 e. The average Bonchev–Trinajstić information content (AvgIpc) is 2.85. The number of rotatable bonds is 8. The van der Waals surface area contributed by atoms with E-state index in [1.807, 2.05) is 0 Å². The Morgan fingerprint density at radius 2 is 2.14 bits per heavy atom. The molecule has 2 N–H and O–H groups in total. The summed E-state index contributed by atoms with van der Waals surface area (Å²) in [5.41, 5.74) is -0.217. The monoisotopic (exact) mass is 398 g/mol. The average molecular weight is 398 g/mol. The normalized spacial score (nSPS) is 23.0. The lowest BCUT2D eigenvalue weighted by Crippen LogP contribution is -2.48. The predicted molar refractivity (Wildman–Crippen MR) is 97.5 cm³/mol. The standard InChI is InChI=1S/C17H26N4O7/c1-5-7-27-21-13-10-20(16(21)25)12(14(22)23)9-11(13)19-26-8-6-18-15(24)28-17(2,3)4/h5,12-13H,1,6-10H2,2-4H3,(H,18,24)(H,22,23)/b19-11-/t12-,13-/m0/s1. The molecule has 3 amide bonds. The van der Waals surface area contributed by atoms with Crippen LogP contribution in [0.2, 0.25) is 0 Å². The first-order valence-corrected chi connectivity index (χ1v) is 8.86. The van der Waals surface area contributed by atoms with E-state index in [2.05, 4.69) is 17.1 Å². The van der Waals surface area contributed by atoms with Crippen molar-refractivity contribution >= 4 is 23.8 Å². The predicted octanol–water partition coefficient (Wildman–Crippen LogP) is 0.964. The molecule has 0 aliphatic carbocycles. The van der Waals surface area contributed by atoms with Gasteiger partial charge in [-0.25, -0.2) is 14.4 Å². The van der Waals surface area contributed by atoms with Gasteiger partial charge in [-0.05, 0) is 20.8 Å². The van der Waals surface area contributed by atoms with E-state index in [0.717, 1.165) is 5.06 Å². The second-order valence-corrected chi connectivity index (χ2v) is 7.26. The number of amides is 3. The van der Waals surface area contributed by atoms with Crippen LogP contribution < -0.4 is 5.32 Å². The minimum absolute atomic E-state index is 0.0270. The zero-order chi connectivity index (χ0) is 20.9. The first-order valence-electron chi connectivity index (χ1n) is 8.86. The molecule has 2 fully saturated rings. The summed E-state index contributed by atoms with van der Waals surface area (Å²) in [6.07, 6.45) is 0.933. The molecule has 2 aliphatic rings. The number of hydroxylamine groups is 2. The molecule has 2 bridgehead atoms. The molecule has 2 rings (SSSR count). The van der Waals surface area contributed by atoms with Crippen molar-refractivity contribution in [2.24, 2.45) is 5.16 Å². The Kier molecular flexibility index (Phi) is 6.84. The summed E-state index contributed by atoms with van der Waals surface area (Å²) in [5, 5.41) is 17.0. The van der Waals surface area contributed by atoms with Gasteiger partial charge in [0.15, 0.2) is 0 Å². The smallest absolute Gasteiger partial charge is 0.407 e. The van der Waals surface area contributed by atoms with Gasteiger partial charge in [0, 0.05) is 6.42 Å². The molecule has 0 unspecified atom stereocenters. The van der Waals surface area contributed by atoms with E-state index in [1.54, 1.807) is 20.8 Å². The molecule has 2 aliphatic heterocycles. The molecule has 156 valence electrons. The van der Waals surface area contributed by atoms with E-state index < -0.39 is 35.8 Å². The van der Waals surface area contributed by atoms with Crippen LogP contribution in [0.1, 0.15) is 27.2 Å². The third-order valence-electron chi connectivity index (χ3n) is 3.91. The van der Waals surface area contributed by atoms with Crippen LogP contribution in [0, 0.1) is 0 Å². The van der Waals surface area contributed by atoms with Crippen molar-refractivity contribution in [3.63, 3.8) is 0 Å². The van der Waals surface area contributed by atoms with E-state index >= 15 is 0 Å². The number of carboxylic acid groups (broad SMARTS) is 1. The number of urea groups is 1. The lowest BCUT2D eigenvalue weighted by molar-refractivity contribution is -0.142. The number of piperidine rings is 1. The third-order valence-corrected chi connectivity index (χ3v) is 3.91. The molecule has 0 radical (unpaired) electrons. The van der Waals surface area contributed by atoms with Gasteiger partial charge >= 0.3 is 18.1 Å². The summed E-state index contributed by atoms with van der Waals surface area (Å²) in [6.45, 7) is 9.24. The fraction of sp³-hybridized carbons (Fsp3) is 0.647. The lowest BCUT2D eigenvalue weighted by Gasteiger charge is -2.28. The minimum Gasteiger partial charge on any atom is -0.480 e. The van der Waals surface area contributed by atoms with Crippen LogP contribution in [0.5, 0.6) is 0 Å². The van der Waals surface area contributed by atoms with Crippen molar-refractivity contribution in [1.82, 2.24) is 15.3 Å². The van der Waals surface area contributed by atoms with Gasteiger partial charge in [-0.15, -0.1) is 6.58 Å². The SMILES string of the molecule is C=CCON1C(=O)N2C[C@H]1/C(=N\OCCNC(=O)OC(C)(C)C)C[C@H]2C(=O)O. The third kappa shape index (κ3) is 5.35. The van der Waals surface area contributed by atoms with Crippen LogP contribution in [-0.4, -0.2) is 82.9 Å². The maximum absolute atomic E-state index is 12.4. The number of nitrogens with one attached hydrogen (secondary N) is 1. The molecule has 2 heterocycles. The van der Waals surface area contributed by atoms with Gasteiger partial charge in [0.05, 0.1) is 25.4 Å². The number of carboxylic acids is 1. The number of ether oxygens (including phenoxy) is 1. The summed E-state index contributed by atoms with van der Waals surface area (Å²) in [6, 6.07) is -2.11. The highest BCUT2D eigenvalue weighted by molar-refractivity contribution is 6.01. The first kappa shape index (κ1) is 21.5. The molecule has 0 aromatic carbocycles. The second-order valence-electron chi connectivity index (χ2n) is 7.26. The Labute approximate surface area is 162 Å². The van der Waals surface area contributed by atoms with Gasteiger partial charge in [-0.2, -0.15) is 5.06 Å². The van der Waals surface area contributed by atoms with Crippen LogP contribution in [0.25, 0.3) is 0 Å². The number of fused-ring (bicyclic) bond motifs is 2. The van der Waals surface area contributed by atoms with E-state index in [4.69, 9.17) is 14.4 Å². The van der Waals surface area contributed by atoms with Gasteiger partial charge in [0.25, 0.3) is 0 Å². The van der Waals surface area contributed by atoms with Crippen molar-refractivity contribution < 1.29 is 33.9 Å². The van der Waals surface area contributed by atoms with Crippen LogP contribution in [0.3, 0.4) is 0 Å². The zero-order valence-corrected chi connectivity index (χ0v) is 16.2. The van der Waals surface area contributed by atoms with Gasteiger partial charge in [-0.1, -0.05) is 11.2 Å². The lowest BCUT2D eigenvalue weighted by atomic mass is 9.99. The largest absolute Gasteiger partial charge is 0.480 e.